The minimum atomic E-state index is 0.122. The van der Waals surface area contributed by atoms with Gasteiger partial charge in [0.15, 0.2) is 0 Å². The molecule has 1 heterocycles. The summed E-state index contributed by atoms with van der Waals surface area (Å²) in [6.45, 7) is 4.35. The first-order valence-electron chi connectivity index (χ1n) is 4.51. The molecule has 0 radical (unpaired) electrons. The Labute approximate surface area is 83.8 Å². The van der Waals surface area contributed by atoms with Crippen LogP contribution < -0.4 is 11.1 Å². The fourth-order valence-electron chi connectivity index (χ4n) is 1.05. The summed E-state index contributed by atoms with van der Waals surface area (Å²) < 4.78 is 0. The predicted molar refractivity (Wildman–Crippen MR) is 55.8 cm³/mol. The van der Waals surface area contributed by atoms with Gasteiger partial charge in [-0.2, -0.15) is 5.26 Å². The zero-order valence-electron chi connectivity index (χ0n) is 8.41. The van der Waals surface area contributed by atoms with Crippen molar-refractivity contribution in [1.29, 1.82) is 5.26 Å². The normalized spacial score (nSPS) is 11.9. The number of hydrogen-bond acceptors (Lipinski definition) is 4. The highest BCUT2D eigenvalue weighted by atomic mass is 15.0. The SMILES string of the molecule is Cc1ccc(C#N)c(NC(C)CN)n1. The summed E-state index contributed by atoms with van der Waals surface area (Å²) in [5.74, 6) is 0.616. The van der Waals surface area contributed by atoms with Gasteiger partial charge in [0.05, 0.1) is 5.56 Å². The van der Waals surface area contributed by atoms with Gasteiger partial charge < -0.3 is 11.1 Å². The maximum absolute atomic E-state index is 8.83. The topological polar surface area (TPSA) is 74.7 Å². The molecule has 1 unspecified atom stereocenters. The van der Waals surface area contributed by atoms with Crippen LogP contribution in [0.15, 0.2) is 12.1 Å². The Morgan fingerprint density at radius 2 is 2.36 bits per heavy atom. The van der Waals surface area contributed by atoms with E-state index in [2.05, 4.69) is 16.4 Å². The van der Waals surface area contributed by atoms with Crippen molar-refractivity contribution < 1.29 is 0 Å². The summed E-state index contributed by atoms with van der Waals surface area (Å²) in [5.41, 5.74) is 6.91. The minimum Gasteiger partial charge on any atom is -0.365 e. The molecule has 74 valence electrons. The number of nitrogens with zero attached hydrogens (tertiary/aromatic N) is 2. The van der Waals surface area contributed by atoms with E-state index < -0.39 is 0 Å². The summed E-state index contributed by atoms with van der Waals surface area (Å²) in [7, 11) is 0. The van der Waals surface area contributed by atoms with Crippen molar-refractivity contribution in [3.63, 3.8) is 0 Å². The van der Waals surface area contributed by atoms with Crippen LogP contribution in [0.3, 0.4) is 0 Å². The van der Waals surface area contributed by atoms with Crippen LogP contribution >= 0.6 is 0 Å². The van der Waals surface area contributed by atoms with Crippen molar-refractivity contribution in [1.82, 2.24) is 4.98 Å². The molecular weight excluding hydrogens is 176 g/mol. The molecule has 0 aliphatic heterocycles. The van der Waals surface area contributed by atoms with Gasteiger partial charge in [-0.05, 0) is 26.0 Å². The van der Waals surface area contributed by atoms with Crippen LogP contribution in [0.1, 0.15) is 18.2 Å². The van der Waals surface area contributed by atoms with Crippen molar-refractivity contribution in [3.05, 3.63) is 23.4 Å². The van der Waals surface area contributed by atoms with Gasteiger partial charge in [0.1, 0.15) is 11.9 Å². The first kappa shape index (κ1) is 10.5. The highest BCUT2D eigenvalue weighted by Gasteiger charge is 2.06. The van der Waals surface area contributed by atoms with Crippen LogP contribution in [0.2, 0.25) is 0 Å². The molecule has 1 aromatic heterocycles. The van der Waals surface area contributed by atoms with Gasteiger partial charge in [0, 0.05) is 18.3 Å². The molecule has 0 saturated heterocycles. The number of nitriles is 1. The summed E-state index contributed by atoms with van der Waals surface area (Å²) in [4.78, 5) is 4.24. The van der Waals surface area contributed by atoms with Crippen molar-refractivity contribution in [3.8, 4) is 6.07 Å². The molecule has 1 atom stereocenters. The van der Waals surface area contributed by atoms with Crippen LogP contribution in [0.25, 0.3) is 0 Å². The van der Waals surface area contributed by atoms with Crippen molar-refractivity contribution in [2.75, 3.05) is 11.9 Å². The molecule has 1 aromatic rings. The summed E-state index contributed by atoms with van der Waals surface area (Å²) in [5, 5.41) is 11.9. The molecule has 0 bridgehead atoms. The monoisotopic (exact) mass is 190 g/mol. The fraction of sp³-hybridized carbons (Fsp3) is 0.400. The molecule has 3 N–H and O–H groups in total. The molecule has 0 aliphatic carbocycles. The fourth-order valence-corrected chi connectivity index (χ4v) is 1.05. The number of anilines is 1. The minimum absolute atomic E-state index is 0.122. The second-order valence-corrected chi connectivity index (χ2v) is 3.24. The number of nitrogens with two attached hydrogens (primary N) is 1. The Bertz CT molecular complexity index is 354. The van der Waals surface area contributed by atoms with Crippen LogP contribution in [-0.4, -0.2) is 17.6 Å². The number of aromatic nitrogens is 1. The van der Waals surface area contributed by atoms with E-state index in [9.17, 15) is 0 Å². The molecule has 0 spiro atoms. The van der Waals surface area contributed by atoms with Crippen LogP contribution in [0.4, 0.5) is 5.82 Å². The number of rotatable bonds is 3. The van der Waals surface area contributed by atoms with Gasteiger partial charge >= 0.3 is 0 Å². The van der Waals surface area contributed by atoms with Crippen molar-refractivity contribution in [2.24, 2.45) is 5.73 Å². The summed E-state index contributed by atoms with van der Waals surface area (Å²) in [6.07, 6.45) is 0. The van der Waals surface area contributed by atoms with Gasteiger partial charge in [-0.1, -0.05) is 0 Å². The Kier molecular flexibility index (Phi) is 3.43. The van der Waals surface area contributed by atoms with Crippen molar-refractivity contribution in [2.45, 2.75) is 19.9 Å². The highest BCUT2D eigenvalue weighted by molar-refractivity contribution is 5.52. The maximum Gasteiger partial charge on any atom is 0.144 e. The lowest BCUT2D eigenvalue weighted by atomic mass is 10.2. The van der Waals surface area contributed by atoms with E-state index in [0.29, 0.717) is 17.9 Å². The Morgan fingerprint density at radius 1 is 1.64 bits per heavy atom. The van der Waals surface area contributed by atoms with Crippen molar-refractivity contribution >= 4 is 5.82 Å². The molecule has 14 heavy (non-hydrogen) atoms. The van der Waals surface area contributed by atoms with Crippen LogP contribution in [0.5, 0.6) is 0 Å². The number of hydrogen-bond donors (Lipinski definition) is 2. The third kappa shape index (κ3) is 2.44. The van der Waals surface area contributed by atoms with E-state index in [1.807, 2.05) is 19.9 Å². The van der Waals surface area contributed by atoms with Gasteiger partial charge in [-0.3, -0.25) is 0 Å². The number of pyridine rings is 1. The van der Waals surface area contributed by atoms with E-state index >= 15 is 0 Å². The average Bonchev–Trinajstić information content (AvgIpc) is 2.18. The zero-order valence-corrected chi connectivity index (χ0v) is 8.41. The first-order chi connectivity index (χ1) is 6.67. The molecule has 0 fully saturated rings. The van der Waals surface area contributed by atoms with E-state index in [0.717, 1.165) is 5.69 Å². The van der Waals surface area contributed by atoms with E-state index in [4.69, 9.17) is 11.0 Å². The van der Waals surface area contributed by atoms with E-state index in [1.54, 1.807) is 6.07 Å². The molecule has 0 amide bonds. The third-order valence-electron chi connectivity index (χ3n) is 1.89. The lowest BCUT2D eigenvalue weighted by Gasteiger charge is -2.13. The van der Waals surface area contributed by atoms with E-state index in [-0.39, 0.29) is 6.04 Å². The molecule has 4 heteroatoms. The largest absolute Gasteiger partial charge is 0.365 e. The quantitative estimate of drug-likeness (QED) is 0.746. The third-order valence-corrected chi connectivity index (χ3v) is 1.89. The maximum atomic E-state index is 8.83. The second-order valence-electron chi connectivity index (χ2n) is 3.24. The predicted octanol–water partition coefficient (Wildman–Crippen LogP) is 1.02. The first-order valence-corrected chi connectivity index (χ1v) is 4.51. The molecule has 4 nitrogen and oxygen atoms in total. The zero-order chi connectivity index (χ0) is 10.6. The number of nitrogens with one attached hydrogen (secondary N) is 1. The van der Waals surface area contributed by atoms with E-state index in [1.165, 1.54) is 0 Å². The van der Waals surface area contributed by atoms with Crippen LogP contribution in [0, 0.1) is 18.3 Å². The summed E-state index contributed by atoms with van der Waals surface area (Å²) >= 11 is 0. The number of aryl methyl sites for hydroxylation is 1. The van der Waals surface area contributed by atoms with Gasteiger partial charge in [0.25, 0.3) is 0 Å². The summed E-state index contributed by atoms with van der Waals surface area (Å²) in [6, 6.07) is 5.78. The smallest absolute Gasteiger partial charge is 0.144 e. The Hall–Kier alpha value is -1.60. The molecule has 1 rings (SSSR count). The lowest BCUT2D eigenvalue weighted by Crippen LogP contribution is -2.26. The van der Waals surface area contributed by atoms with Gasteiger partial charge in [-0.25, -0.2) is 4.98 Å². The lowest BCUT2D eigenvalue weighted by molar-refractivity contribution is 0.796. The second kappa shape index (κ2) is 4.58. The Balaban J connectivity index is 2.94. The van der Waals surface area contributed by atoms with Gasteiger partial charge in [0.2, 0.25) is 0 Å². The van der Waals surface area contributed by atoms with Crippen LogP contribution in [-0.2, 0) is 0 Å². The average molecular weight is 190 g/mol. The Morgan fingerprint density at radius 3 is 2.93 bits per heavy atom. The van der Waals surface area contributed by atoms with Gasteiger partial charge in [-0.15, -0.1) is 0 Å². The standard InChI is InChI=1S/C10H14N4/c1-7-3-4-9(6-12)10(13-7)14-8(2)5-11/h3-4,8H,5,11H2,1-2H3,(H,13,14). The molecule has 0 aromatic carbocycles. The molecular formula is C10H14N4. The highest BCUT2D eigenvalue weighted by Crippen LogP contribution is 2.12. The molecule has 0 aliphatic rings. The molecule has 0 saturated carbocycles.